The molecule has 6 atom stereocenters. The fourth-order valence-corrected chi connectivity index (χ4v) is 13.8. The van der Waals surface area contributed by atoms with Gasteiger partial charge in [0.05, 0.1) is 42.7 Å². The number of carbonyl (C=O) groups excluding carboxylic acids is 12. The third kappa shape index (κ3) is 33.4. The molecule has 1 rings (SSSR count). The van der Waals surface area contributed by atoms with Crippen LogP contribution in [0.1, 0.15) is 116 Å². The van der Waals surface area contributed by atoms with Gasteiger partial charge in [-0.3, -0.25) is 28.8 Å². The third-order valence-corrected chi connectivity index (χ3v) is 18.5. The lowest BCUT2D eigenvalue weighted by Crippen LogP contribution is -2.44. The van der Waals surface area contributed by atoms with Crippen LogP contribution in [0.2, 0.25) is 0 Å². The highest BCUT2D eigenvalue weighted by Crippen LogP contribution is 2.26. The molecular weight excluding hydrogens is 1140 g/mol. The number of methoxy groups -OCH3 is 6. The van der Waals surface area contributed by atoms with Gasteiger partial charge in [0.15, 0.2) is 0 Å². The number of amides is 6. The van der Waals surface area contributed by atoms with Crippen molar-refractivity contribution in [1.29, 1.82) is 0 Å². The highest BCUT2D eigenvalue weighted by molar-refractivity contribution is 8.77. The van der Waals surface area contributed by atoms with Crippen LogP contribution in [0.5, 0.6) is 0 Å². The van der Waals surface area contributed by atoms with E-state index in [1.165, 1.54) is 107 Å². The molecule has 444 valence electrons. The number of nitrogens with one attached hydrogen (secondary N) is 6. The second kappa shape index (κ2) is 44.5. The van der Waals surface area contributed by atoms with Crippen molar-refractivity contribution in [2.75, 3.05) is 77.2 Å². The lowest BCUT2D eigenvalue weighted by atomic mass is 10.1. The maximum atomic E-state index is 12.8. The first kappa shape index (κ1) is 71.8. The maximum Gasteiger partial charge on any atom is 0.329 e. The Balaban J connectivity index is 3.01. The minimum absolute atomic E-state index is 0.0935. The minimum Gasteiger partial charge on any atom is -0.467 e. The van der Waals surface area contributed by atoms with Gasteiger partial charge >= 0.3 is 35.8 Å². The highest BCUT2D eigenvalue weighted by atomic mass is 33.1. The van der Waals surface area contributed by atoms with Crippen molar-refractivity contribution in [3.8, 4) is 0 Å². The van der Waals surface area contributed by atoms with E-state index in [-0.39, 0.29) is 108 Å². The minimum atomic E-state index is -0.994. The van der Waals surface area contributed by atoms with Crippen LogP contribution in [0, 0.1) is 0 Å². The second-order valence-electron chi connectivity index (χ2n) is 17.3. The Labute approximate surface area is 480 Å². The Morgan fingerprint density at radius 1 is 0.269 bits per heavy atom. The molecule has 1 saturated heterocycles. The Morgan fingerprint density at radius 3 is 0.513 bits per heavy atom. The molecule has 0 radical (unpaired) electrons. The lowest BCUT2D eigenvalue weighted by Gasteiger charge is -2.18. The summed E-state index contributed by atoms with van der Waals surface area (Å²) in [5.74, 6) is -5.75. The number of carbonyl (C=O) groups is 12. The number of hydrogen-bond acceptors (Lipinski definition) is 24. The Kier molecular flexibility index (Phi) is 40.9. The van der Waals surface area contributed by atoms with Crippen LogP contribution in [-0.4, -0.2) is 185 Å². The van der Waals surface area contributed by atoms with E-state index in [9.17, 15) is 57.5 Å². The first-order valence-corrected chi connectivity index (χ1v) is 32.9. The number of esters is 6. The molecule has 0 bridgehead atoms. The zero-order chi connectivity index (χ0) is 58.1. The van der Waals surface area contributed by atoms with Gasteiger partial charge in [-0.05, 0) is 38.5 Å². The van der Waals surface area contributed by atoms with E-state index in [4.69, 9.17) is 28.4 Å². The van der Waals surface area contributed by atoms with Gasteiger partial charge in [-0.1, -0.05) is 103 Å². The normalized spacial score (nSPS) is 24.1. The van der Waals surface area contributed by atoms with Gasteiger partial charge in [-0.15, -0.1) is 0 Å². The zero-order valence-corrected chi connectivity index (χ0v) is 50.1. The summed E-state index contributed by atoms with van der Waals surface area (Å²) in [6.07, 6.45) is 6.98. The predicted octanol–water partition coefficient (Wildman–Crippen LogP) is 3.11. The summed E-state index contributed by atoms with van der Waals surface area (Å²) >= 11 is 0. The molecule has 0 aliphatic carbocycles. The molecule has 0 unspecified atom stereocenters. The average Bonchev–Trinajstić information content (AvgIpc) is 3.43. The van der Waals surface area contributed by atoms with Crippen LogP contribution in [0.15, 0.2) is 0 Å². The third-order valence-electron chi connectivity index (χ3n) is 11.3. The van der Waals surface area contributed by atoms with Crippen molar-refractivity contribution >= 4 is 136 Å². The van der Waals surface area contributed by atoms with E-state index in [2.05, 4.69) is 31.9 Å². The van der Waals surface area contributed by atoms with Crippen LogP contribution < -0.4 is 31.9 Å². The van der Waals surface area contributed by atoms with Crippen molar-refractivity contribution in [3.63, 3.8) is 0 Å². The van der Waals surface area contributed by atoms with Crippen molar-refractivity contribution < 1.29 is 86.0 Å². The van der Waals surface area contributed by atoms with E-state index < -0.39 is 72.1 Å². The van der Waals surface area contributed by atoms with Crippen LogP contribution in [0.4, 0.5) is 0 Å². The summed E-state index contributed by atoms with van der Waals surface area (Å²) in [5.41, 5.74) is 0. The Morgan fingerprint density at radius 2 is 0.397 bits per heavy atom. The molecule has 1 aliphatic heterocycles. The number of hydrogen-bond donors (Lipinski definition) is 6. The summed E-state index contributed by atoms with van der Waals surface area (Å²) in [6.45, 7) is 0. The van der Waals surface area contributed by atoms with E-state index in [1.54, 1.807) is 0 Å². The van der Waals surface area contributed by atoms with Crippen LogP contribution in [0.3, 0.4) is 0 Å². The van der Waals surface area contributed by atoms with Crippen molar-refractivity contribution in [3.05, 3.63) is 0 Å². The van der Waals surface area contributed by atoms with E-state index in [0.29, 0.717) is 77.0 Å². The van der Waals surface area contributed by atoms with Crippen LogP contribution in [0.25, 0.3) is 0 Å². The van der Waals surface area contributed by atoms with Gasteiger partial charge in [-0.2, -0.15) is 0 Å². The first-order chi connectivity index (χ1) is 37.4. The number of ether oxygens (including phenoxy) is 6. The van der Waals surface area contributed by atoms with Gasteiger partial charge < -0.3 is 60.3 Å². The molecule has 0 saturated carbocycles. The topological polar surface area (TPSA) is 332 Å². The van der Waals surface area contributed by atoms with Crippen molar-refractivity contribution in [2.45, 2.75) is 152 Å². The van der Waals surface area contributed by atoms with E-state index in [1.807, 2.05) is 0 Å². The standard InChI is InChI=1S/C48H78N6O18S6/c1-67-43(61)31-25-73-74-26-32(44(62)68-2)50-38(56)21-15-9-10-16-22-40(58)52-35(47(65)71-5)29-77-78-30-36(48(66)72-6)54-42(60)24-18-12-11-17-23-41(59)53-34(46(64)70-4)28-76-75-27-33(45(63)69-3)51-39(57)20-14-8-7-13-19-37(55)49-31/h31-36H,7-30H2,1-6H3,(H,49,55)(H,50,56)(H,51,57)(H,52,58)(H,53,59)(H,54,60)/t31-,32-,33-,34-,35-,36-/m0/s1. The molecule has 24 nitrogen and oxygen atoms in total. The molecule has 0 spiro atoms. The Bertz CT molecular complexity index is 1590. The van der Waals surface area contributed by atoms with E-state index in [0.717, 1.165) is 0 Å². The SMILES string of the molecule is COC(=O)[C@@H]1CSSC[C@@H](C(=O)OC)NC(=O)CCCCCCC(=O)N[C@H](C(=O)OC)CSSC[C@@H](C(=O)OC)NC(=O)CCCCCCC(=O)N[C@H](C(=O)OC)CSSC[C@@H](C(=O)OC)NC(=O)CCCCCCC(=O)N1. The van der Waals surface area contributed by atoms with E-state index >= 15 is 0 Å². The quantitative estimate of drug-likeness (QED) is 0.126. The van der Waals surface area contributed by atoms with Gasteiger partial charge in [-0.25, -0.2) is 28.8 Å². The van der Waals surface area contributed by atoms with Crippen molar-refractivity contribution in [2.24, 2.45) is 0 Å². The fraction of sp³-hybridized carbons (Fsp3) is 0.750. The zero-order valence-electron chi connectivity index (χ0n) is 45.2. The van der Waals surface area contributed by atoms with Gasteiger partial charge in [0.2, 0.25) is 35.4 Å². The fourth-order valence-electron chi connectivity index (χ4n) is 6.94. The van der Waals surface area contributed by atoms with Crippen molar-refractivity contribution in [1.82, 2.24) is 31.9 Å². The largest absolute Gasteiger partial charge is 0.467 e. The molecule has 0 aromatic heterocycles. The molecule has 0 aromatic rings. The molecular formula is C48H78N6O18S6. The monoisotopic (exact) mass is 1220 g/mol. The maximum absolute atomic E-state index is 12.8. The Hall–Kier alpha value is -4.26. The molecule has 0 aromatic carbocycles. The molecule has 30 heteroatoms. The summed E-state index contributed by atoms with van der Waals surface area (Å²) in [4.78, 5) is 152. The molecule has 1 heterocycles. The molecule has 6 amide bonds. The van der Waals surface area contributed by atoms with Gasteiger partial charge in [0, 0.05) is 73.0 Å². The van der Waals surface area contributed by atoms with Crippen LogP contribution >= 0.6 is 64.8 Å². The van der Waals surface area contributed by atoms with Gasteiger partial charge in [0.25, 0.3) is 0 Å². The first-order valence-electron chi connectivity index (χ1n) is 25.4. The lowest BCUT2D eigenvalue weighted by molar-refractivity contribution is -0.144. The summed E-state index contributed by atoms with van der Waals surface area (Å²) in [5, 5.41) is 16.1. The summed E-state index contributed by atoms with van der Waals surface area (Å²) in [6, 6.07) is -5.96. The average molecular weight is 1220 g/mol. The second-order valence-corrected chi connectivity index (χ2v) is 25.0. The summed E-state index contributed by atoms with van der Waals surface area (Å²) < 4.78 is 29.3. The predicted molar refractivity (Wildman–Crippen MR) is 302 cm³/mol. The van der Waals surface area contributed by atoms with Gasteiger partial charge in [0.1, 0.15) is 36.3 Å². The van der Waals surface area contributed by atoms with Crippen LogP contribution in [-0.2, 0) is 86.0 Å². The molecule has 1 fully saturated rings. The highest BCUT2D eigenvalue weighted by Gasteiger charge is 2.28. The molecule has 78 heavy (non-hydrogen) atoms. The summed E-state index contributed by atoms with van der Waals surface area (Å²) in [7, 11) is 14.3. The molecule has 1 aliphatic rings. The number of rotatable bonds is 6. The molecule has 6 N–H and O–H groups in total. The smallest absolute Gasteiger partial charge is 0.329 e.